The van der Waals surface area contributed by atoms with Crippen LogP contribution in [0.25, 0.3) is 0 Å². The predicted octanol–water partition coefficient (Wildman–Crippen LogP) is 2.61. The minimum atomic E-state index is -0.253. The minimum Gasteiger partial charge on any atom is -0.368 e. The molecule has 6 nitrogen and oxygen atoms in total. The van der Waals surface area contributed by atoms with Gasteiger partial charge >= 0.3 is 0 Å². The highest BCUT2D eigenvalue weighted by atomic mass is 35.5. The summed E-state index contributed by atoms with van der Waals surface area (Å²) in [5.41, 5.74) is 1.74. The number of nitrogens with one attached hydrogen (secondary N) is 1. The first-order chi connectivity index (χ1) is 13.1. The summed E-state index contributed by atoms with van der Waals surface area (Å²) in [5, 5.41) is 3.39. The normalized spacial score (nSPS) is 14.0. The maximum atomic E-state index is 12.8. The monoisotopic (exact) mass is 384 g/mol. The highest BCUT2D eigenvalue weighted by Gasteiger charge is 2.23. The van der Waals surface area contributed by atoms with E-state index in [0.29, 0.717) is 43.3 Å². The summed E-state index contributed by atoms with van der Waals surface area (Å²) in [6.45, 7) is 6.53. The molecule has 140 valence electrons. The number of hydrogen-bond donors (Lipinski definition) is 1. The number of hydrogen-bond acceptors (Lipinski definition) is 4. The van der Waals surface area contributed by atoms with Crippen LogP contribution in [0.15, 0.2) is 55.3 Å². The summed E-state index contributed by atoms with van der Waals surface area (Å²) in [5.74, 6) is -0.420. The zero-order valence-electron chi connectivity index (χ0n) is 14.9. The standard InChI is InChI=1S/C20H21ClN4O2/c1-2-7-23-19(26)15-6-8-22-18(13-15)20(27)25-11-9-24(10-12-25)17-5-3-4-16(21)14-17/h2-6,8,13-14H,1,7,9-12H2,(H,23,26). The van der Waals surface area contributed by atoms with Gasteiger partial charge in [0.2, 0.25) is 0 Å². The average Bonchev–Trinajstić information content (AvgIpc) is 2.71. The molecule has 0 saturated carbocycles. The lowest BCUT2D eigenvalue weighted by molar-refractivity contribution is 0.0741. The van der Waals surface area contributed by atoms with Crippen molar-refractivity contribution in [2.75, 3.05) is 37.6 Å². The highest BCUT2D eigenvalue weighted by Crippen LogP contribution is 2.21. The molecule has 0 bridgehead atoms. The van der Waals surface area contributed by atoms with Crippen LogP contribution in [0, 0.1) is 0 Å². The number of carbonyl (C=O) groups is 2. The Balaban J connectivity index is 1.64. The van der Waals surface area contributed by atoms with Crippen molar-refractivity contribution in [2.45, 2.75) is 0 Å². The Bertz CT molecular complexity index is 847. The van der Waals surface area contributed by atoms with Crippen LogP contribution in [0.3, 0.4) is 0 Å². The number of nitrogens with zero attached hydrogens (tertiary/aromatic N) is 3. The molecule has 1 aliphatic heterocycles. The average molecular weight is 385 g/mol. The lowest BCUT2D eigenvalue weighted by Gasteiger charge is -2.36. The van der Waals surface area contributed by atoms with Gasteiger partial charge in [-0.1, -0.05) is 23.7 Å². The Labute approximate surface area is 163 Å². The first kappa shape index (κ1) is 18.9. The summed E-state index contributed by atoms with van der Waals surface area (Å²) in [7, 11) is 0. The molecule has 7 heteroatoms. The van der Waals surface area contributed by atoms with E-state index < -0.39 is 0 Å². The smallest absolute Gasteiger partial charge is 0.272 e. The fourth-order valence-electron chi connectivity index (χ4n) is 2.96. The molecule has 0 atom stereocenters. The zero-order chi connectivity index (χ0) is 19.2. The number of rotatable bonds is 5. The Kier molecular flexibility index (Phi) is 6.08. The number of carbonyl (C=O) groups excluding carboxylic acids is 2. The Morgan fingerprint density at radius 1 is 1.19 bits per heavy atom. The highest BCUT2D eigenvalue weighted by molar-refractivity contribution is 6.30. The van der Waals surface area contributed by atoms with Crippen LogP contribution in [0.4, 0.5) is 5.69 Å². The molecule has 0 aliphatic carbocycles. The van der Waals surface area contributed by atoms with E-state index in [-0.39, 0.29) is 17.5 Å². The zero-order valence-corrected chi connectivity index (χ0v) is 15.7. The van der Waals surface area contributed by atoms with Crippen LogP contribution in [-0.2, 0) is 0 Å². The molecule has 2 heterocycles. The summed E-state index contributed by atoms with van der Waals surface area (Å²) in [6.07, 6.45) is 3.09. The van der Waals surface area contributed by atoms with E-state index >= 15 is 0 Å². The van der Waals surface area contributed by atoms with Crippen molar-refractivity contribution >= 4 is 29.1 Å². The van der Waals surface area contributed by atoms with Crippen molar-refractivity contribution in [3.8, 4) is 0 Å². The minimum absolute atomic E-state index is 0.167. The molecule has 2 amide bonds. The van der Waals surface area contributed by atoms with Crippen LogP contribution in [0.5, 0.6) is 0 Å². The van der Waals surface area contributed by atoms with Gasteiger partial charge in [0.1, 0.15) is 5.69 Å². The third-order valence-corrected chi connectivity index (χ3v) is 4.62. The quantitative estimate of drug-likeness (QED) is 0.805. The SMILES string of the molecule is C=CCNC(=O)c1ccnc(C(=O)N2CCN(c3cccc(Cl)c3)CC2)c1. The summed E-state index contributed by atoms with van der Waals surface area (Å²) >= 11 is 6.06. The Morgan fingerprint density at radius 2 is 1.96 bits per heavy atom. The maximum Gasteiger partial charge on any atom is 0.272 e. The Morgan fingerprint density at radius 3 is 2.67 bits per heavy atom. The van der Waals surface area contributed by atoms with Crippen molar-refractivity contribution in [3.05, 3.63) is 71.5 Å². The largest absolute Gasteiger partial charge is 0.368 e. The third-order valence-electron chi connectivity index (χ3n) is 4.39. The second-order valence-corrected chi connectivity index (χ2v) is 6.62. The predicted molar refractivity (Wildman–Crippen MR) is 106 cm³/mol. The number of halogens is 1. The van der Waals surface area contributed by atoms with E-state index in [1.165, 1.54) is 12.3 Å². The van der Waals surface area contributed by atoms with E-state index in [9.17, 15) is 9.59 Å². The van der Waals surface area contributed by atoms with Gasteiger partial charge in [-0.2, -0.15) is 0 Å². The van der Waals surface area contributed by atoms with E-state index in [0.717, 1.165) is 5.69 Å². The third kappa shape index (κ3) is 4.65. The molecule has 0 unspecified atom stereocenters. The molecule has 27 heavy (non-hydrogen) atoms. The lowest BCUT2D eigenvalue weighted by Crippen LogP contribution is -2.49. The fraction of sp³-hybridized carbons (Fsp3) is 0.250. The summed E-state index contributed by atoms with van der Waals surface area (Å²) in [6, 6.07) is 10.8. The molecule has 1 fully saturated rings. The first-order valence-corrected chi connectivity index (χ1v) is 9.11. The number of pyridine rings is 1. The van der Waals surface area contributed by atoms with Gasteiger partial charge in [-0.15, -0.1) is 6.58 Å². The van der Waals surface area contributed by atoms with E-state index in [1.54, 1.807) is 17.0 Å². The van der Waals surface area contributed by atoms with Gasteiger partial charge < -0.3 is 15.1 Å². The van der Waals surface area contributed by atoms with Gasteiger partial charge in [0.05, 0.1) is 0 Å². The summed E-state index contributed by atoms with van der Waals surface area (Å²) < 4.78 is 0. The van der Waals surface area contributed by atoms with Gasteiger partial charge in [0.15, 0.2) is 0 Å². The van der Waals surface area contributed by atoms with Gasteiger partial charge in [0, 0.05) is 55.2 Å². The van der Waals surface area contributed by atoms with Crippen LogP contribution in [0.1, 0.15) is 20.8 Å². The molecule has 1 aliphatic rings. The number of aromatic nitrogens is 1. The van der Waals surface area contributed by atoms with Crippen LogP contribution in [-0.4, -0.2) is 54.4 Å². The van der Waals surface area contributed by atoms with Crippen molar-refractivity contribution in [3.63, 3.8) is 0 Å². The van der Waals surface area contributed by atoms with Crippen molar-refractivity contribution in [1.82, 2.24) is 15.2 Å². The number of piperazine rings is 1. The number of amides is 2. The second-order valence-electron chi connectivity index (χ2n) is 6.19. The van der Waals surface area contributed by atoms with Crippen molar-refractivity contribution in [1.29, 1.82) is 0 Å². The molecule has 0 radical (unpaired) electrons. The van der Waals surface area contributed by atoms with E-state index in [2.05, 4.69) is 21.8 Å². The molecule has 0 spiro atoms. The van der Waals surface area contributed by atoms with Crippen LogP contribution in [0.2, 0.25) is 5.02 Å². The van der Waals surface area contributed by atoms with Crippen molar-refractivity contribution in [2.24, 2.45) is 0 Å². The molecule has 1 aromatic heterocycles. The van der Waals surface area contributed by atoms with Crippen LogP contribution < -0.4 is 10.2 Å². The molecule has 1 aromatic carbocycles. The lowest BCUT2D eigenvalue weighted by atomic mass is 10.2. The molecule has 2 aromatic rings. The second kappa shape index (κ2) is 8.68. The van der Waals surface area contributed by atoms with Gasteiger partial charge in [-0.3, -0.25) is 14.6 Å². The maximum absolute atomic E-state index is 12.8. The van der Waals surface area contributed by atoms with Crippen LogP contribution >= 0.6 is 11.6 Å². The number of anilines is 1. The molecular formula is C20H21ClN4O2. The first-order valence-electron chi connectivity index (χ1n) is 8.73. The fourth-order valence-corrected chi connectivity index (χ4v) is 3.14. The molecule has 3 rings (SSSR count). The molecule has 1 saturated heterocycles. The van der Waals surface area contributed by atoms with Gasteiger partial charge in [-0.25, -0.2) is 0 Å². The summed E-state index contributed by atoms with van der Waals surface area (Å²) in [4.78, 5) is 32.9. The van der Waals surface area contributed by atoms with Gasteiger partial charge in [-0.05, 0) is 30.3 Å². The van der Waals surface area contributed by atoms with E-state index in [4.69, 9.17) is 11.6 Å². The topological polar surface area (TPSA) is 65.5 Å². The Hall–Kier alpha value is -2.86. The van der Waals surface area contributed by atoms with E-state index in [1.807, 2.05) is 24.3 Å². The molecular weight excluding hydrogens is 364 g/mol. The molecule has 1 N–H and O–H groups in total. The van der Waals surface area contributed by atoms with Crippen molar-refractivity contribution < 1.29 is 9.59 Å². The number of benzene rings is 1. The van der Waals surface area contributed by atoms with Gasteiger partial charge in [0.25, 0.3) is 11.8 Å².